The smallest absolute Gasteiger partial charge is 0.282 e. The van der Waals surface area contributed by atoms with Crippen LogP contribution in [0.1, 0.15) is 26.4 Å². The number of aryl methyl sites for hydroxylation is 1. The molecule has 1 amide bonds. The molecule has 1 aromatic heterocycles. The standard InChI is InChI=1S/C15H16N2O4S/c1-9-10(2)22-8-11(9)7-16-15(18)13-6-12(21-3)4-5-14(13)17(19)20/h4-6,8H,7H2,1-3H3,(H,16,18). The van der Waals surface area contributed by atoms with E-state index in [-0.39, 0.29) is 11.3 Å². The molecular weight excluding hydrogens is 304 g/mol. The Labute approximate surface area is 131 Å². The molecule has 2 rings (SSSR count). The molecule has 0 saturated heterocycles. The fourth-order valence-corrected chi connectivity index (χ4v) is 2.88. The third kappa shape index (κ3) is 3.25. The summed E-state index contributed by atoms with van der Waals surface area (Å²) in [6.45, 7) is 4.34. The second kappa shape index (κ2) is 6.57. The van der Waals surface area contributed by atoms with Gasteiger partial charge in [-0.05, 0) is 42.5 Å². The largest absolute Gasteiger partial charge is 0.497 e. The summed E-state index contributed by atoms with van der Waals surface area (Å²) in [6.07, 6.45) is 0. The number of methoxy groups -OCH3 is 1. The fourth-order valence-electron chi connectivity index (χ4n) is 1.99. The van der Waals surface area contributed by atoms with E-state index in [1.807, 2.05) is 19.2 Å². The van der Waals surface area contributed by atoms with Gasteiger partial charge in [0.2, 0.25) is 0 Å². The van der Waals surface area contributed by atoms with E-state index in [0.29, 0.717) is 12.3 Å². The van der Waals surface area contributed by atoms with E-state index in [0.717, 1.165) is 11.1 Å². The number of benzene rings is 1. The first kappa shape index (κ1) is 16.0. The van der Waals surface area contributed by atoms with Crippen LogP contribution in [0.15, 0.2) is 23.6 Å². The first-order valence-electron chi connectivity index (χ1n) is 6.58. The molecule has 0 fully saturated rings. The average molecular weight is 320 g/mol. The van der Waals surface area contributed by atoms with E-state index >= 15 is 0 Å². The number of nitro benzene ring substituents is 1. The minimum Gasteiger partial charge on any atom is -0.497 e. The van der Waals surface area contributed by atoms with Gasteiger partial charge in [0.25, 0.3) is 11.6 Å². The Morgan fingerprint density at radius 2 is 2.14 bits per heavy atom. The summed E-state index contributed by atoms with van der Waals surface area (Å²) < 4.78 is 5.02. The highest BCUT2D eigenvalue weighted by atomic mass is 32.1. The predicted octanol–water partition coefficient (Wildman–Crippen LogP) is 3.21. The molecule has 1 heterocycles. The lowest BCUT2D eigenvalue weighted by molar-refractivity contribution is -0.385. The number of nitrogens with one attached hydrogen (secondary N) is 1. The summed E-state index contributed by atoms with van der Waals surface area (Å²) in [6, 6.07) is 4.11. The van der Waals surface area contributed by atoms with Gasteiger partial charge in [-0.15, -0.1) is 11.3 Å². The molecule has 0 spiro atoms. The molecule has 0 aliphatic carbocycles. The van der Waals surface area contributed by atoms with Crippen molar-refractivity contribution in [1.82, 2.24) is 5.32 Å². The molecule has 0 aliphatic heterocycles. The van der Waals surface area contributed by atoms with Crippen molar-refractivity contribution in [3.05, 3.63) is 55.3 Å². The van der Waals surface area contributed by atoms with Crippen LogP contribution in [0.25, 0.3) is 0 Å². The molecule has 6 nitrogen and oxygen atoms in total. The van der Waals surface area contributed by atoms with Gasteiger partial charge in [0, 0.05) is 17.5 Å². The number of thiophene rings is 1. The summed E-state index contributed by atoms with van der Waals surface area (Å²) in [5, 5.41) is 15.7. The predicted molar refractivity (Wildman–Crippen MR) is 84.6 cm³/mol. The summed E-state index contributed by atoms with van der Waals surface area (Å²) in [5.41, 5.74) is 1.90. The molecule has 0 unspecified atom stereocenters. The van der Waals surface area contributed by atoms with Crippen LogP contribution in [0.2, 0.25) is 0 Å². The van der Waals surface area contributed by atoms with Crippen LogP contribution in [-0.4, -0.2) is 17.9 Å². The first-order valence-corrected chi connectivity index (χ1v) is 7.46. The number of carbonyl (C=O) groups is 1. The molecule has 1 N–H and O–H groups in total. The van der Waals surface area contributed by atoms with Crippen molar-refractivity contribution in [1.29, 1.82) is 0 Å². The van der Waals surface area contributed by atoms with Crippen LogP contribution in [0.4, 0.5) is 5.69 Å². The number of carbonyl (C=O) groups excluding carboxylic acids is 1. The highest BCUT2D eigenvalue weighted by Crippen LogP contribution is 2.24. The summed E-state index contributed by atoms with van der Waals surface area (Å²) in [4.78, 5) is 23.9. The van der Waals surface area contributed by atoms with Crippen molar-refractivity contribution in [2.45, 2.75) is 20.4 Å². The molecule has 1 aromatic carbocycles. The van der Waals surface area contributed by atoms with Gasteiger partial charge in [-0.2, -0.15) is 0 Å². The second-order valence-corrected chi connectivity index (χ2v) is 5.85. The van der Waals surface area contributed by atoms with Gasteiger partial charge < -0.3 is 10.1 Å². The number of hydrogen-bond donors (Lipinski definition) is 1. The van der Waals surface area contributed by atoms with E-state index in [4.69, 9.17) is 4.74 Å². The number of nitrogens with zero attached hydrogens (tertiary/aromatic N) is 1. The zero-order chi connectivity index (χ0) is 16.3. The quantitative estimate of drug-likeness (QED) is 0.677. The lowest BCUT2D eigenvalue weighted by atomic mass is 10.1. The Kier molecular flexibility index (Phi) is 4.77. The Hall–Kier alpha value is -2.41. The molecule has 7 heteroatoms. The topological polar surface area (TPSA) is 81.5 Å². The molecule has 2 aromatic rings. The number of rotatable bonds is 5. The van der Waals surface area contributed by atoms with Gasteiger partial charge in [0.1, 0.15) is 11.3 Å². The van der Waals surface area contributed by atoms with Crippen LogP contribution in [0.3, 0.4) is 0 Å². The van der Waals surface area contributed by atoms with E-state index in [1.165, 1.54) is 30.2 Å². The molecule has 0 radical (unpaired) electrons. The second-order valence-electron chi connectivity index (χ2n) is 4.76. The molecule has 0 atom stereocenters. The third-order valence-electron chi connectivity index (χ3n) is 3.47. The molecule has 0 saturated carbocycles. The lowest BCUT2D eigenvalue weighted by Crippen LogP contribution is -2.23. The van der Waals surface area contributed by atoms with Crippen LogP contribution >= 0.6 is 11.3 Å². The maximum atomic E-state index is 12.3. The fraction of sp³-hybridized carbons (Fsp3) is 0.267. The van der Waals surface area contributed by atoms with Crippen molar-refractivity contribution in [2.75, 3.05) is 7.11 Å². The third-order valence-corrected chi connectivity index (χ3v) is 4.53. The number of ether oxygens (including phenoxy) is 1. The maximum absolute atomic E-state index is 12.3. The average Bonchev–Trinajstić information content (AvgIpc) is 2.83. The van der Waals surface area contributed by atoms with Crippen LogP contribution in [0, 0.1) is 24.0 Å². The Morgan fingerprint density at radius 1 is 1.41 bits per heavy atom. The monoisotopic (exact) mass is 320 g/mol. The Morgan fingerprint density at radius 3 is 2.68 bits per heavy atom. The van der Waals surface area contributed by atoms with Crippen molar-refractivity contribution in [3.63, 3.8) is 0 Å². The van der Waals surface area contributed by atoms with Crippen molar-refractivity contribution >= 4 is 22.9 Å². The molecular formula is C15H16N2O4S. The minimum atomic E-state index is -0.575. The molecule has 22 heavy (non-hydrogen) atoms. The zero-order valence-corrected chi connectivity index (χ0v) is 13.3. The van der Waals surface area contributed by atoms with Crippen LogP contribution < -0.4 is 10.1 Å². The number of hydrogen-bond acceptors (Lipinski definition) is 5. The van der Waals surface area contributed by atoms with Crippen molar-refractivity contribution in [2.24, 2.45) is 0 Å². The summed E-state index contributed by atoms with van der Waals surface area (Å²) in [5.74, 6) is -0.0906. The van der Waals surface area contributed by atoms with Gasteiger partial charge in [-0.3, -0.25) is 14.9 Å². The summed E-state index contributed by atoms with van der Waals surface area (Å²) in [7, 11) is 1.44. The SMILES string of the molecule is COc1ccc([N+](=O)[O-])c(C(=O)NCc2csc(C)c2C)c1. The van der Waals surface area contributed by atoms with Crippen molar-refractivity contribution < 1.29 is 14.5 Å². The van der Waals surface area contributed by atoms with Gasteiger partial charge >= 0.3 is 0 Å². The Bertz CT molecular complexity index is 724. The van der Waals surface area contributed by atoms with E-state index in [2.05, 4.69) is 5.32 Å². The molecule has 0 bridgehead atoms. The number of amides is 1. The van der Waals surface area contributed by atoms with Crippen molar-refractivity contribution in [3.8, 4) is 5.75 Å². The number of nitro groups is 1. The minimum absolute atomic E-state index is 0.00560. The highest BCUT2D eigenvalue weighted by Gasteiger charge is 2.21. The lowest BCUT2D eigenvalue weighted by Gasteiger charge is -2.07. The van der Waals surface area contributed by atoms with Crippen LogP contribution in [-0.2, 0) is 6.54 Å². The van der Waals surface area contributed by atoms with E-state index < -0.39 is 10.8 Å². The first-order chi connectivity index (χ1) is 10.4. The van der Waals surface area contributed by atoms with Gasteiger partial charge in [0.15, 0.2) is 0 Å². The maximum Gasteiger partial charge on any atom is 0.282 e. The highest BCUT2D eigenvalue weighted by molar-refractivity contribution is 7.10. The zero-order valence-electron chi connectivity index (χ0n) is 12.5. The normalized spacial score (nSPS) is 10.3. The molecule has 0 aliphatic rings. The van der Waals surface area contributed by atoms with Gasteiger partial charge in [0.05, 0.1) is 12.0 Å². The van der Waals surface area contributed by atoms with E-state index in [1.54, 1.807) is 11.3 Å². The Balaban J connectivity index is 2.21. The summed E-state index contributed by atoms with van der Waals surface area (Å²) >= 11 is 1.61. The van der Waals surface area contributed by atoms with Crippen LogP contribution in [0.5, 0.6) is 5.75 Å². The molecule has 116 valence electrons. The van der Waals surface area contributed by atoms with Gasteiger partial charge in [-0.1, -0.05) is 0 Å². The van der Waals surface area contributed by atoms with E-state index in [9.17, 15) is 14.9 Å². The van der Waals surface area contributed by atoms with Gasteiger partial charge in [-0.25, -0.2) is 0 Å².